The van der Waals surface area contributed by atoms with Crippen molar-refractivity contribution in [2.75, 3.05) is 0 Å². The fourth-order valence-electron chi connectivity index (χ4n) is 0.908. The van der Waals surface area contributed by atoms with Crippen LogP contribution >= 0.6 is 0 Å². The van der Waals surface area contributed by atoms with Gasteiger partial charge in [-0.2, -0.15) is 0 Å². The Balaban J connectivity index is 3.18. The van der Waals surface area contributed by atoms with Crippen molar-refractivity contribution in [3.05, 3.63) is 40.8 Å². The molecule has 0 N–H and O–H groups in total. The molecule has 1 rings (SSSR count). The highest BCUT2D eigenvalue weighted by molar-refractivity contribution is 5.55. The summed E-state index contributed by atoms with van der Waals surface area (Å²) in [5, 5.41) is 2.86. The van der Waals surface area contributed by atoms with E-state index in [2.05, 4.69) is 11.8 Å². The topological polar surface area (TPSA) is 29.4 Å². The van der Waals surface area contributed by atoms with E-state index in [4.69, 9.17) is 0 Å². The zero-order valence-corrected chi connectivity index (χ0v) is 6.37. The second-order valence-corrected chi connectivity index (χ2v) is 2.34. The number of hydrogen-bond donors (Lipinski definition) is 0. The summed E-state index contributed by atoms with van der Waals surface area (Å²) < 4.78 is 0. The highest BCUT2D eigenvalue weighted by Gasteiger charge is 1.96. The maximum absolute atomic E-state index is 10.2. The molecule has 1 aromatic rings. The first-order valence-electron chi connectivity index (χ1n) is 3.34. The molecular weight excluding hydrogens is 138 g/mol. The van der Waals surface area contributed by atoms with E-state index in [1.54, 1.807) is 12.1 Å². The van der Waals surface area contributed by atoms with Gasteiger partial charge in [0.25, 0.3) is 0 Å². The second kappa shape index (κ2) is 3.10. The molecule has 11 heavy (non-hydrogen) atoms. The number of rotatable bonds is 2. The Labute approximate surface area is 65.5 Å². The van der Waals surface area contributed by atoms with Gasteiger partial charge in [0.1, 0.15) is 5.69 Å². The Hall–Kier alpha value is -1.44. The summed E-state index contributed by atoms with van der Waals surface area (Å²) in [6.45, 7) is 5.47. The van der Waals surface area contributed by atoms with Crippen LogP contribution in [-0.2, 0) is 0 Å². The molecule has 0 fully saturated rings. The lowest BCUT2D eigenvalue weighted by atomic mass is 10.1. The molecule has 0 bridgehead atoms. The maximum atomic E-state index is 10.2. The van der Waals surface area contributed by atoms with E-state index in [0.29, 0.717) is 5.69 Å². The fourth-order valence-corrected chi connectivity index (χ4v) is 0.908. The molecule has 1 aromatic carbocycles. The molecular formula is C9H9NO. The molecule has 0 aliphatic heterocycles. The number of nitroso groups, excluding NO2 is 1. The van der Waals surface area contributed by atoms with Gasteiger partial charge < -0.3 is 0 Å². The SMILES string of the molecule is C=Cc1ccc(N=O)c(C)c1. The van der Waals surface area contributed by atoms with Crippen LogP contribution in [0.15, 0.2) is 30.0 Å². The average Bonchev–Trinajstić information content (AvgIpc) is 2.04. The Morgan fingerprint density at radius 3 is 2.73 bits per heavy atom. The first-order chi connectivity index (χ1) is 5.27. The van der Waals surface area contributed by atoms with Crippen LogP contribution in [0.5, 0.6) is 0 Å². The predicted octanol–water partition coefficient (Wildman–Crippen LogP) is 3.04. The summed E-state index contributed by atoms with van der Waals surface area (Å²) in [5.41, 5.74) is 2.39. The first-order valence-corrected chi connectivity index (χ1v) is 3.34. The number of aryl methyl sites for hydroxylation is 1. The number of benzene rings is 1. The van der Waals surface area contributed by atoms with E-state index in [1.165, 1.54) is 0 Å². The maximum Gasteiger partial charge on any atom is 0.110 e. The lowest BCUT2D eigenvalue weighted by Crippen LogP contribution is -1.75. The van der Waals surface area contributed by atoms with Crippen molar-refractivity contribution in [3.8, 4) is 0 Å². The average molecular weight is 147 g/mol. The van der Waals surface area contributed by atoms with E-state index in [1.807, 2.05) is 19.1 Å². The minimum Gasteiger partial charge on any atom is -0.145 e. The van der Waals surface area contributed by atoms with Gasteiger partial charge in [-0.3, -0.25) is 0 Å². The summed E-state index contributed by atoms with van der Waals surface area (Å²) >= 11 is 0. The molecule has 0 saturated heterocycles. The number of nitrogens with zero attached hydrogens (tertiary/aromatic N) is 1. The monoisotopic (exact) mass is 147 g/mol. The zero-order chi connectivity index (χ0) is 8.27. The molecule has 0 amide bonds. The van der Waals surface area contributed by atoms with Crippen LogP contribution in [0.4, 0.5) is 5.69 Å². The molecule has 0 aromatic heterocycles. The molecule has 0 heterocycles. The Kier molecular flexibility index (Phi) is 2.16. The van der Waals surface area contributed by atoms with Gasteiger partial charge in [0.2, 0.25) is 0 Å². The third-order valence-electron chi connectivity index (χ3n) is 1.55. The van der Waals surface area contributed by atoms with Crippen LogP contribution < -0.4 is 0 Å². The van der Waals surface area contributed by atoms with Crippen molar-refractivity contribution < 1.29 is 0 Å². The van der Waals surface area contributed by atoms with Gasteiger partial charge in [-0.25, -0.2) is 0 Å². The fraction of sp³-hybridized carbons (Fsp3) is 0.111. The molecule has 0 aliphatic carbocycles. The van der Waals surface area contributed by atoms with E-state index in [9.17, 15) is 4.91 Å². The third-order valence-corrected chi connectivity index (χ3v) is 1.55. The van der Waals surface area contributed by atoms with Crippen LogP contribution in [0.1, 0.15) is 11.1 Å². The minimum absolute atomic E-state index is 0.496. The lowest BCUT2D eigenvalue weighted by molar-refractivity contribution is 1.38. The van der Waals surface area contributed by atoms with Crippen LogP contribution in [0.2, 0.25) is 0 Å². The third kappa shape index (κ3) is 1.52. The van der Waals surface area contributed by atoms with Crippen molar-refractivity contribution in [1.82, 2.24) is 0 Å². The first kappa shape index (κ1) is 7.66. The Morgan fingerprint density at radius 1 is 1.55 bits per heavy atom. The van der Waals surface area contributed by atoms with Gasteiger partial charge in [0.05, 0.1) is 0 Å². The molecule has 0 unspecified atom stereocenters. The largest absolute Gasteiger partial charge is 0.145 e. The van der Waals surface area contributed by atoms with E-state index in [-0.39, 0.29) is 0 Å². The van der Waals surface area contributed by atoms with Gasteiger partial charge in [-0.1, -0.05) is 18.7 Å². The summed E-state index contributed by atoms with van der Waals surface area (Å²) in [4.78, 5) is 10.2. The summed E-state index contributed by atoms with van der Waals surface area (Å²) in [5.74, 6) is 0. The highest BCUT2D eigenvalue weighted by atomic mass is 16.3. The van der Waals surface area contributed by atoms with E-state index in [0.717, 1.165) is 11.1 Å². The van der Waals surface area contributed by atoms with Crippen LogP contribution in [0, 0.1) is 11.8 Å². The second-order valence-electron chi connectivity index (χ2n) is 2.34. The molecule has 2 heteroatoms. The summed E-state index contributed by atoms with van der Waals surface area (Å²) in [6.07, 6.45) is 1.74. The van der Waals surface area contributed by atoms with Crippen LogP contribution in [0.25, 0.3) is 6.08 Å². The molecule has 2 nitrogen and oxygen atoms in total. The number of hydrogen-bond acceptors (Lipinski definition) is 2. The van der Waals surface area contributed by atoms with Crippen molar-refractivity contribution in [3.63, 3.8) is 0 Å². The molecule has 0 atom stereocenters. The van der Waals surface area contributed by atoms with E-state index < -0.39 is 0 Å². The molecule has 0 saturated carbocycles. The Morgan fingerprint density at radius 2 is 2.27 bits per heavy atom. The molecule has 0 aliphatic rings. The quantitative estimate of drug-likeness (QED) is 0.591. The molecule has 0 radical (unpaired) electrons. The van der Waals surface area contributed by atoms with Gasteiger partial charge in [0.15, 0.2) is 0 Å². The zero-order valence-electron chi connectivity index (χ0n) is 6.37. The normalized spacial score (nSPS) is 9.18. The van der Waals surface area contributed by atoms with Crippen molar-refractivity contribution >= 4 is 11.8 Å². The van der Waals surface area contributed by atoms with Crippen molar-refractivity contribution in [1.29, 1.82) is 0 Å². The predicted molar refractivity (Wildman–Crippen MR) is 46.7 cm³/mol. The Bertz CT molecular complexity index is 292. The van der Waals surface area contributed by atoms with Crippen LogP contribution in [-0.4, -0.2) is 0 Å². The van der Waals surface area contributed by atoms with Crippen LogP contribution in [0.3, 0.4) is 0 Å². The minimum atomic E-state index is 0.496. The van der Waals surface area contributed by atoms with Gasteiger partial charge in [-0.05, 0) is 35.4 Å². The van der Waals surface area contributed by atoms with Crippen molar-refractivity contribution in [2.45, 2.75) is 6.92 Å². The van der Waals surface area contributed by atoms with E-state index >= 15 is 0 Å². The summed E-state index contributed by atoms with van der Waals surface area (Å²) in [7, 11) is 0. The summed E-state index contributed by atoms with van der Waals surface area (Å²) in [6, 6.07) is 5.39. The molecule has 56 valence electrons. The van der Waals surface area contributed by atoms with Gasteiger partial charge in [0, 0.05) is 0 Å². The smallest absolute Gasteiger partial charge is 0.110 e. The highest BCUT2D eigenvalue weighted by Crippen LogP contribution is 2.19. The molecule has 0 spiro atoms. The van der Waals surface area contributed by atoms with Crippen molar-refractivity contribution in [2.24, 2.45) is 5.18 Å². The standard InChI is InChI=1S/C9H9NO/c1-3-8-4-5-9(10-11)7(2)6-8/h3-6H,1H2,2H3. The van der Waals surface area contributed by atoms with Gasteiger partial charge in [-0.15, -0.1) is 4.91 Å². The lowest BCUT2D eigenvalue weighted by Gasteiger charge is -1.97. The van der Waals surface area contributed by atoms with Gasteiger partial charge >= 0.3 is 0 Å².